The fourth-order valence-electron chi connectivity index (χ4n) is 2.80. The molecule has 0 fully saturated rings. The normalized spacial score (nSPS) is 11.9. The number of pyridine rings is 1. The van der Waals surface area contributed by atoms with Crippen LogP contribution in [0.3, 0.4) is 0 Å². The molecule has 1 amide bonds. The second-order valence-electron chi connectivity index (χ2n) is 6.24. The minimum Gasteiger partial charge on any atom is -0.456 e. The zero-order chi connectivity index (χ0) is 19.5. The van der Waals surface area contributed by atoms with Crippen molar-refractivity contribution in [2.24, 2.45) is 0 Å². The summed E-state index contributed by atoms with van der Waals surface area (Å²) in [5, 5.41) is 2.79. The number of ether oxygens (including phenoxy) is 1. The number of benzene rings is 2. The van der Waals surface area contributed by atoms with E-state index >= 15 is 0 Å². The molecule has 0 aliphatic carbocycles. The van der Waals surface area contributed by atoms with Gasteiger partial charge in [0.25, 0.3) is 0 Å². The van der Waals surface area contributed by atoms with Gasteiger partial charge in [-0.1, -0.05) is 12.1 Å². The molecule has 0 bridgehead atoms. The molecule has 140 valence electrons. The molecule has 0 saturated carbocycles. The molecule has 1 N–H and O–H groups in total. The maximum atomic E-state index is 12.9. The van der Waals surface area contributed by atoms with Crippen molar-refractivity contribution in [1.82, 2.24) is 14.5 Å². The summed E-state index contributed by atoms with van der Waals surface area (Å²) in [6, 6.07) is 16.2. The molecule has 0 radical (unpaired) electrons. The van der Waals surface area contributed by atoms with Gasteiger partial charge in [-0.3, -0.25) is 4.79 Å². The van der Waals surface area contributed by atoms with Crippen molar-refractivity contribution in [3.63, 3.8) is 0 Å². The van der Waals surface area contributed by atoms with Crippen LogP contribution in [0, 0.1) is 5.82 Å². The van der Waals surface area contributed by atoms with Gasteiger partial charge in [0.1, 0.15) is 29.2 Å². The van der Waals surface area contributed by atoms with Gasteiger partial charge in [0.05, 0.1) is 23.6 Å². The highest BCUT2D eigenvalue weighted by molar-refractivity contribution is 5.93. The number of aromatic nitrogens is 3. The van der Waals surface area contributed by atoms with E-state index in [4.69, 9.17) is 4.74 Å². The van der Waals surface area contributed by atoms with Crippen LogP contribution in [0.5, 0.6) is 11.5 Å². The van der Waals surface area contributed by atoms with E-state index in [0.29, 0.717) is 17.3 Å². The highest BCUT2D eigenvalue weighted by Crippen LogP contribution is 2.22. The Morgan fingerprint density at radius 2 is 1.79 bits per heavy atom. The van der Waals surface area contributed by atoms with E-state index in [9.17, 15) is 9.18 Å². The maximum absolute atomic E-state index is 12.9. The summed E-state index contributed by atoms with van der Waals surface area (Å²) in [6.45, 7) is 1.80. The van der Waals surface area contributed by atoms with Gasteiger partial charge in [0.2, 0.25) is 5.91 Å². The lowest BCUT2D eigenvalue weighted by molar-refractivity contribution is -0.118. The lowest BCUT2D eigenvalue weighted by atomic mass is 10.2. The number of nitrogens with zero attached hydrogens (tertiary/aromatic N) is 3. The first-order valence-electron chi connectivity index (χ1n) is 8.72. The third-order valence-corrected chi connectivity index (χ3v) is 4.31. The first-order chi connectivity index (χ1) is 13.6. The third-order valence-electron chi connectivity index (χ3n) is 4.31. The molecule has 2 aromatic carbocycles. The van der Waals surface area contributed by atoms with Gasteiger partial charge in [0.15, 0.2) is 0 Å². The highest BCUT2D eigenvalue weighted by Gasteiger charge is 2.17. The predicted octanol–water partition coefficient (Wildman–Crippen LogP) is 4.56. The largest absolute Gasteiger partial charge is 0.456 e. The summed E-state index contributed by atoms with van der Waals surface area (Å²) in [5.41, 5.74) is 1.73. The predicted molar refractivity (Wildman–Crippen MR) is 104 cm³/mol. The van der Waals surface area contributed by atoms with E-state index in [1.807, 2.05) is 28.8 Å². The summed E-state index contributed by atoms with van der Waals surface area (Å²) < 4.78 is 20.3. The lowest BCUT2D eigenvalue weighted by Crippen LogP contribution is -2.23. The van der Waals surface area contributed by atoms with Gasteiger partial charge < -0.3 is 14.6 Å². The number of hydrogen-bond acceptors (Lipinski definition) is 4. The summed E-state index contributed by atoms with van der Waals surface area (Å²) >= 11 is 0. The van der Waals surface area contributed by atoms with E-state index in [1.165, 1.54) is 30.5 Å². The Kier molecular flexibility index (Phi) is 4.72. The highest BCUT2D eigenvalue weighted by atomic mass is 19.1. The van der Waals surface area contributed by atoms with Crippen LogP contribution in [0.4, 0.5) is 10.2 Å². The molecule has 1 atom stereocenters. The van der Waals surface area contributed by atoms with Crippen LogP contribution in [0.2, 0.25) is 0 Å². The van der Waals surface area contributed by atoms with Gasteiger partial charge in [-0.2, -0.15) is 0 Å². The number of nitrogens with one attached hydrogen (secondary N) is 1. The Hall–Kier alpha value is -3.74. The molecule has 7 heteroatoms. The van der Waals surface area contributed by atoms with Gasteiger partial charge in [-0.05, 0) is 55.5 Å². The van der Waals surface area contributed by atoms with Crippen molar-refractivity contribution in [3.8, 4) is 11.5 Å². The molecule has 0 spiro atoms. The average Bonchev–Trinajstić information content (AvgIpc) is 3.14. The zero-order valence-electron chi connectivity index (χ0n) is 15.0. The van der Waals surface area contributed by atoms with Gasteiger partial charge in [-0.15, -0.1) is 0 Å². The van der Waals surface area contributed by atoms with Gasteiger partial charge in [-0.25, -0.2) is 14.4 Å². The zero-order valence-corrected chi connectivity index (χ0v) is 15.0. The topological polar surface area (TPSA) is 69.0 Å². The molecule has 4 aromatic rings. The minimum absolute atomic E-state index is 0.206. The van der Waals surface area contributed by atoms with Crippen molar-refractivity contribution in [3.05, 3.63) is 79.0 Å². The number of rotatable bonds is 5. The molecular weight excluding hydrogens is 359 g/mol. The SMILES string of the molecule is CC(C(=O)Nc1ccc(Oc2ccc(F)cc2)cn1)n1cnc2ccccc21. The van der Waals surface area contributed by atoms with Crippen LogP contribution < -0.4 is 10.1 Å². The second-order valence-corrected chi connectivity index (χ2v) is 6.24. The third kappa shape index (κ3) is 3.68. The van der Waals surface area contributed by atoms with Crippen LogP contribution in [-0.4, -0.2) is 20.4 Å². The molecule has 28 heavy (non-hydrogen) atoms. The fourth-order valence-corrected chi connectivity index (χ4v) is 2.80. The number of imidazole rings is 1. The van der Waals surface area contributed by atoms with Crippen molar-refractivity contribution < 1.29 is 13.9 Å². The van der Waals surface area contributed by atoms with Crippen molar-refractivity contribution in [2.45, 2.75) is 13.0 Å². The number of amides is 1. The molecule has 2 aromatic heterocycles. The summed E-state index contributed by atoms with van der Waals surface area (Å²) in [6.07, 6.45) is 3.15. The minimum atomic E-state index is -0.454. The number of hydrogen-bond donors (Lipinski definition) is 1. The van der Waals surface area contributed by atoms with E-state index in [1.54, 1.807) is 25.4 Å². The summed E-state index contributed by atoms with van der Waals surface area (Å²) in [4.78, 5) is 21.1. The number of carbonyl (C=O) groups is 1. The van der Waals surface area contributed by atoms with Crippen molar-refractivity contribution in [1.29, 1.82) is 0 Å². The smallest absolute Gasteiger partial charge is 0.248 e. The first-order valence-corrected chi connectivity index (χ1v) is 8.72. The quantitative estimate of drug-likeness (QED) is 0.554. The lowest BCUT2D eigenvalue weighted by Gasteiger charge is -2.14. The molecule has 2 heterocycles. The standard InChI is InChI=1S/C21H17FN4O2/c1-14(26-13-24-18-4-2-3-5-19(18)26)21(27)25-20-11-10-17(12-23-20)28-16-8-6-15(22)7-9-16/h2-14H,1H3,(H,23,25,27). The van der Waals surface area contributed by atoms with Crippen LogP contribution in [0.15, 0.2) is 73.2 Å². The second kappa shape index (κ2) is 7.48. The maximum Gasteiger partial charge on any atom is 0.248 e. The average molecular weight is 376 g/mol. The van der Waals surface area contributed by atoms with E-state index < -0.39 is 6.04 Å². The van der Waals surface area contributed by atoms with Crippen LogP contribution in [-0.2, 0) is 4.79 Å². The van der Waals surface area contributed by atoms with Crippen LogP contribution in [0.1, 0.15) is 13.0 Å². The van der Waals surface area contributed by atoms with Crippen molar-refractivity contribution in [2.75, 3.05) is 5.32 Å². The number of anilines is 1. The number of halogens is 1. The van der Waals surface area contributed by atoms with E-state index in [0.717, 1.165) is 11.0 Å². The number of carbonyl (C=O) groups excluding carboxylic acids is 1. The Morgan fingerprint density at radius 1 is 1.04 bits per heavy atom. The van der Waals surface area contributed by atoms with Crippen LogP contribution in [0.25, 0.3) is 11.0 Å². The number of fused-ring (bicyclic) bond motifs is 1. The Labute approximate surface area is 160 Å². The molecule has 0 saturated heterocycles. The first kappa shape index (κ1) is 17.7. The van der Waals surface area contributed by atoms with E-state index in [-0.39, 0.29) is 11.7 Å². The monoisotopic (exact) mass is 376 g/mol. The van der Waals surface area contributed by atoms with Crippen molar-refractivity contribution >= 4 is 22.8 Å². The Balaban J connectivity index is 1.43. The molecule has 6 nitrogen and oxygen atoms in total. The number of para-hydroxylation sites is 2. The molecule has 4 rings (SSSR count). The Bertz CT molecular complexity index is 1110. The summed E-state index contributed by atoms with van der Waals surface area (Å²) in [5.74, 6) is 0.859. The van der Waals surface area contributed by atoms with Crippen LogP contribution >= 0.6 is 0 Å². The van der Waals surface area contributed by atoms with Gasteiger partial charge in [0, 0.05) is 0 Å². The molecule has 0 aliphatic heterocycles. The Morgan fingerprint density at radius 3 is 2.54 bits per heavy atom. The summed E-state index contributed by atoms with van der Waals surface area (Å²) in [7, 11) is 0. The fraction of sp³-hybridized carbons (Fsp3) is 0.0952. The molecular formula is C21H17FN4O2. The van der Waals surface area contributed by atoms with E-state index in [2.05, 4.69) is 15.3 Å². The van der Waals surface area contributed by atoms with Gasteiger partial charge >= 0.3 is 0 Å². The molecule has 0 aliphatic rings. The molecule has 1 unspecified atom stereocenters.